The van der Waals surface area contributed by atoms with E-state index in [1.807, 2.05) is 0 Å². The molecular formula is C18H30N2O. The number of hydrogen-bond acceptors (Lipinski definition) is 3. The summed E-state index contributed by atoms with van der Waals surface area (Å²) in [5, 5.41) is 3.65. The molecule has 0 amide bonds. The first-order valence-electron chi connectivity index (χ1n) is 8.15. The Balaban J connectivity index is 2.13. The molecule has 1 N–H and O–H groups in total. The Kier molecular flexibility index (Phi) is 5.80. The van der Waals surface area contributed by atoms with Gasteiger partial charge in [0.1, 0.15) is 0 Å². The van der Waals surface area contributed by atoms with Gasteiger partial charge in [0, 0.05) is 25.2 Å². The van der Waals surface area contributed by atoms with Crippen LogP contribution in [0.1, 0.15) is 43.0 Å². The van der Waals surface area contributed by atoms with E-state index in [0.29, 0.717) is 18.2 Å². The predicted octanol–water partition coefficient (Wildman–Crippen LogP) is 3.06. The molecule has 1 aromatic rings. The van der Waals surface area contributed by atoms with Gasteiger partial charge in [-0.25, -0.2) is 0 Å². The topological polar surface area (TPSA) is 24.5 Å². The molecule has 3 heteroatoms. The molecule has 1 aromatic carbocycles. The molecule has 0 saturated carbocycles. The number of nitrogens with one attached hydrogen (secondary N) is 1. The first-order chi connectivity index (χ1) is 10.0. The number of ether oxygens (including phenoxy) is 1. The maximum Gasteiger partial charge on any atom is 0.0702 e. The normalized spacial score (nSPS) is 23.7. The van der Waals surface area contributed by atoms with Gasteiger partial charge in [-0.3, -0.25) is 4.90 Å². The predicted molar refractivity (Wildman–Crippen MR) is 88.8 cm³/mol. The highest BCUT2D eigenvalue weighted by atomic mass is 16.5. The van der Waals surface area contributed by atoms with Crippen molar-refractivity contribution in [3.8, 4) is 0 Å². The van der Waals surface area contributed by atoms with E-state index in [9.17, 15) is 0 Å². The smallest absolute Gasteiger partial charge is 0.0702 e. The van der Waals surface area contributed by atoms with Crippen LogP contribution in [0.2, 0.25) is 0 Å². The van der Waals surface area contributed by atoms with E-state index < -0.39 is 0 Å². The first-order valence-corrected chi connectivity index (χ1v) is 8.15. The lowest BCUT2D eigenvalue weighted by atomic mass is 9.97. The fraction of sp³-hybridized carbons (Fsp3) is 0.667. The fourth-order valence-electron chi connectivity index (χ4n) is 3.38. The van der Waals surface area contributed by atoms with Crippen molar-refractivity contribution in [2.24, 2.45) is 0 Å². The zero-order chi connectivity index (χ0) is 15.4. The lowest BCUT2D eigenvalue weighted by Crippen LogP contribution is -2.42. The highest BCUT2D eigenvalue weighted by Gasteiger charge is 2.29. The summed E-state index contributed by atoms with van der Waals surface area (Å²) in [5.74, 6) is 0. The van der Waals surface area contributed by atoms with Crippen LogP contribution < -0.4 is 5.32 Å². The van der Waals surface area contributed by atoms with Crippen LogP contribution >= 0.6 is 0 Å². The zero-order valence-corrected chi connectivity index (χ0v) is 14.1. The second-order valence-corrected chi connectivity index (χ2v) is 6.34. The van der Waals surface area contributed by atoms with Gasteiger partial charge in [0.2, 0.25) is 0 Å². The molecule has 21 heavy (non-hydrogen) atoms. The largest absolute Gasteiger partial charge is 0.377 e. The Bertz CT molecular complexity index is 461. The van der Waals surface area contributed by atoms with Gasteiger partial charge in [-0.05, 0) is 51.9 Å². The van der Waals surface area contributed by atoms with Gasteiger partial charge in [0.05, 0.1) is 6.10 Å². The van der Waals surface area contributed by atoms with Gasteiger partial charge in [0.25, 0.3) is 0 Å². The Morgan fingerprint density at radius 2 is 2.14 bits per heavy atom. The summed E-state index contributed by atoms with van der Waals surface area (Å²) in [4.78, 5) is 2.47. The van der Waals surface area contributed by atoms with Crippen LogP contribution in [0.15, 0.2) is 18.2 Å². The van der Waals surface area contributed by atoms with Crippen LogP contribution in [0.4, 0.5) is 0 Å². The molecular weight excluding hydrogens is 260 g/mol. The summed E-state index contributed by atoms with van der Waals surface area (Å²) < 4.78 is 5.71. The van der Waals surface area contributed by atoms with E-state index in [2.05, 4.69) is 63.2 Å². The van der Waals surface area contributed by atoms with Gasteiger partial charge in [-0.15, -0.1) is 0 Å². The summed E-state index contributed by atoms with van der Waals surface area (Å²) in [6, 6.07) is 7.67. The molecule has 0 aromatic heterocycles. The SMILES string of the molecule is CCNC(CN(C)C1CCOC1C)c1cc(C)ccc1C. The quantitative estimate of drug-likeness (QED) is 0.871. The van der Waals surface area contributed by atoms with Crippen LogP contribution in [0, 0.1) is 13.8 Å². The monoisotopic (exact) mass is 290 g/mol. The van der Waals surface area contributed by atoms with Gasteiger partial charge in [-0.2, -0.15) is 0 Å². The third-order valence-electron chi connectivity index (χ3n) is 4.63. The zero-order valence-electron chi connectivity index (χ0n) is 14.1. The van der Waals surface area contributed by atoms with Crippen molar-refractivity contribution in [2.75, 3.05) is 26.7 Å². The third-order valence-corrected chi connectivity index (χ3v) is 4.63. The fourth-order valence-corrected chi connectivity index (χ4v) is 3.38. The number of benzene rings is 1. The van der Waals surface area contributed by atoms with E-state index in [1.54, 1.807) is 0 Å². The highest BCUT2D eigenvalue weighted by Crippen LogP contribution is 2.24. The van der Waals surface area contributed by atoms with Gasteiger partial charge in [-0.1, -0.05) is 30.7 Å². The maximum atomic E-state index is 5.71. The van der Waals surface area contributed by atoms with Crippen LogP contribution in [0.25, 0.3) is 0 Å². The number of rotatable bonds is 6. The van der Waals surface area contributed by atoms with Crippen molar-refractivity contribution < 1.29 is 4.74 Å². The summed E-state index contributed by atoms with van der Waals surface area (Å²) in [7, 11) is 2.23. The Hall–Kier alpha value is -0.900. The minimum Gasteiger partial charge on any atom is -0.377 e. The molecule has 3 unspecified atom stereocenters. The molecule has 3 atom stereocenters. The van der Waals surface area contributed by atoms with Crippen molar-refractivity contribution >= 4 is 0 Å². The molecule has 0 bridgehead atoms. The Morgan fingerprint density at radius 1 is 1.38 bits per heavy atom. The van der Waals surface area contributed by atoms with Crippen molar-refractivity contribution in [3.05, 3.63) is 34.9 Å². The summed E-state index contributed by atoms with van der Waals surface area (Å²) in [5.41, 5.74) is 4.13. The van der Waals surface area contributed by atoms with Crippen LogP contribution in [-0.4, -0.2) is 43.8 Å². The van der Waals surface area contributed by atoms with Crippen molar-refractivity contribution in [1.82, 2.24) is 10.2 Å². The van der Waals surface area contributed by atoms with E-state index in [0.717, 1.165) is 26.1 Å². The maximum absolute atomic E-state index is 5.71. The molecule has 3 nitrogen and oxygen atoms in total. The average Bonchev–Trinajstić information content (AvgIpc) is 2.87. The molecule has 1 heterocycles. The number of hydrogen-bond donors (Lipinski definition) is 1. The molecule has 1 aliphatic rings. The van der Waals surface area contributed by atoms with Crippen LogP contribution in [-0.2, 0) is 4.74 Å². The highest BCUT2D eigenvalue weighted by molar-refractivity contribution is 5.33. The second kappa shape index (κ2) is 7.39. The van der Waals surface area contributed by atoms with Crippen molar-refractivity contribution in [2.45, 2.75) is 52.3 Å². The Morgan fingerprint density at radius 3 is 2.76 bits per heavy atom. The van der Waals surface area contributed by atoms with Gasteiger partial charge in [0.15, 0.2) is 0 Å². The van der Waals surface area contributed by atoms with E-state index in [4.69, 9.17) is 4.74 Å². The molecule has 1 fully saturated rings. The lowest BCUT2D eigenvalue weighted by Gasteiger charge is -2.31. The minimum atomic E-state index is 0.343. The lowest BCUT2D eigenvalue weighted by molar-refractivity contribution is 0.0803. The standard InChI is InChI=1S/C18H30N2O/c1-6-19-17(16-11-13(2)7-8-14(16)3)12-20(5)18-9-10-21-15(18)4/h7-8,11,15,17-19H,6,9-10,12H2,1-5H3. The molecule has 0 aliphatic carbocycles. The molecule has 1 saturated heterocycles. The van der Waals surface area contributed by atoms with E-state index >= 15 is 0 Å². The molecule has 1 aliphatic heterocycles. The second-order valence-electron chi connectivity index (χ2n) is 6.34. The van der Waals surface area contributed by atoms with E-state index in [-0.39, 0.29) is 0 Å². The summed E-state index contributed by atoms with van der Waals surface area (Å²) in [6.07, 6.45) is 1.49. The molecule has 0 spiro atoms. The number of aryl methyl sites for hydroxylation is 2. The minimum absolute atomic E-state index is 0.343. The van der Waals surface area contributed by atoms with Gasteiger partial charge >= 0.3 is 0 Å². The number of likely N-dealkylation sites (N-methyl/N-ethyl adjacent to an activating group) is 2. The van der Waals surface area contributed by atoms with E-state index in [1.165, 1.54) is 16.7 Å². The summed E-state index contributed by atoms with van der Waals surface area (Å²) >= 11 is 0. The molecule has 0 radical (unpaired) electrons. The molecule has 2 rings (SSSR count). The van der Waals surface area contributed by atoms with Crippen LogP contribution in [0.3, 0.4) is 0 Å². The number of nitrogens with zero attached hydrogens (tertiary/aromatic N) is 1. The van der Waals surface area contributed by atoms with Crippen molar-refractivity contribution in [1.29, 1.82) is 0 Å². The Labute approximate surface area is 129 Å². The first kappa shape index (κ1) is 16.5. The van der Waals surface area contributed by atoms with Gasteiger partial charge < -0.3 is 10.1 Å². The summed E-state index contributed by atoms with van der Waals surface area (Å²) in [6.45, 7) is 11.7. The average molecular weight is 290 g/mol. The molecule has 118 valence electrons. The van der Waals surface area contributed by atoms with Crippen LogP contribution in [0.5, 0.6) is 0 Å². The third kappa shape index (κ3) is 4.06. The van der Waals surface area contributed by atoms with Crippen molar-refractivity contribution in [3.63, 3.8) is 0 Å².